The van der Waals surface area contributed by atoms with Gasteiger partial charge >= 0.3 is 6.03 Å². The van der Waals surface area contributed by atoms with Crippen LogP contribution in [0.3, 0.4) is 0 Å². The van der Waals surface area contributed by atoms with E-state index in [4.69, 9.17) is 9.47 Å². The Kier molecular flexibility index (Phi) is 5.69. The molecule has 3 aliphatic rings. The SMILES string of the molecule is O=C(NCCC1=CCCCC1)C1CNC(=O)N(Cc2ccc3c(c2)OCO3)C1=O. The molecule has 154 valence electrons. The summed E-state index contributed by atoms with van der Waals surface area (Å²) in [5.41, 5.74) is 2.09. The molecule has 0 spiro atoms. The summed E-state index contributed by atoms with van der Waals surface area (Å²) in [6, 6.07) is 4.76. The second kappa shape index (κ2) is 8.55. The lowest BCUT2D eigenvalue weighted by Gasteiger charge is -2.30. The first-order chi connectivity index (χ1) is 14.1. The standard InChI is InChI=1S/C21H25N3O5/c25-19(22-9-8-14-4-2-1-3-5-14)16-11-23-21(27)24(20(16)26)12-15-6-7-17-18(10-15)29-13-28-17/h4,6-7,10,16H,1-3,5,8-9,11-13H2,(H,22,25)(H,23,27). The summed E-state index contributed by atoms with van der Waals surface area (Å²) in [5.74, 6) is -0.530. The zero-order valence-corrected chi connectivity index (χ0v) is 16.2. The average molecular weight is 399 g/mol. The quantitative estimate of drug-likeness (QED) is 0.564. The van der Waals surface area contributed by atoms with Gasteiger partial charge in [0.15, 0.2) is 11.5 Å². The lowest BCUT2D eigenvalue weighted by molar-refractivity contribution is -0.141. The van der Waals surface area contributed by atoms with Crippen LogP contribution in [-0.4, -0.2) is 42.6 Å². The highest BCUT2D eigenvalue weighted by atomic mass is 16.7. The summed E-state index contributed by atoms with van der Waals surface area (Å²) in [6.45, 7) is 0.743. The number of carbonyl (C=O) groups excluding carboxylic acids is 3. The highest BCUT2D eigenvalue weighted by Crippen LogP contribution is 2.33. The highest BCUT2D eigenvalue weighted by Gasteiger charge is 2.38. The molecule has 1 atom stereocenters. The van der Waals surface area contributed by atoms with Crippen LogP contribution in [0.2, 0.25) is 0 Å². The number of amides is 4. The number of rotatable bonds is 6. The lowest BCUT2D eigenvalue weighted by Crippen LogP contribution is -2.58. The first-order valence-electron chi connectivity index (χ1n) is 10.0. The van der Waals surface area contributed by atoms with Crippen LogP contribution in [0.4, 0.5) is 4.79 Å². The van der Waals surface area contributed by atoms with Crippen molar-refractivity contribution in [2.45, 2.75) is 38.6 Å². The topological polar surface area (TPSA) is 97.0 Å². The van der Waals surface area contributed by atoms with Crippen molar-refractivity contribution in [3.63, 3.8) is 0 Å². The van der Waals surface area contributed by atoms with E-state index in [1.54, 1.807) is 18.2 Å². The van der Waals surface area contributed by atoms with E-state index in [9.17, 15) is 14.4 Å². The molecule has 0 saturated carbocycles. The van der Waals surface area contributed by atoms with Gasteiger partial charge in [0, 0.05) is 13.1 Å². The van der Waals surface area contributed by atoms with Crippen LogP contribution in [0.1, 0.15) is 37.7 Å². The summed E-state index contributed by atoms with van der Waals surface area (Å²) in [6.07, 6.45) is 7.66. The molecule has 8 nitrogen and oxygen atoms in total. The molecule has 1 aromatic rings. The van der Waals surface area contributed by atoms with Gasteiger partial charge in [-0.3, -0.25) is 14.5 Å². The number of fused-ring (bicyclic) bond motifs is 1. The van der Waals surface area contributed by atoms with E-state index >= 15 is 0 Å². The molecule has 1 saturated heterocycles. The molecule has 2 aliphatic heterocycles. The molecule has 8 heteroatoms. The van der Waals surface area contributed by atoms with Crippen molar-refractivity contribution >= 4 is 17.8 Å². The molecule has 2 heterocycles. The number of nitrogens with zero attached hydrogens (tertiary/aromatic N) is 1. The maximum Gasteiger partial charge on any atom is 0.324 e. The van der Waals surface area contributed by atoms with Crippen LogP contribution >= 0.6 is 0 Å². The van der Waals surface area contributed by atoms with E-state index in [2.05, 4.69) is 16.7 Å². The van der Waals surface area contributed by atoms with Crippen molar-refractivity contribution in [1.82, 2.24) is 15.5 Å². The van der Waals surface area contributed by atoms with E-state index in [-0.39, 0.29) is 25.8 Å². The van der Waals surface area contributed by atoms with Gasteiger partial charge in [0.2, 0.25) is 18.6 Å². The maximum absolute atomic E-state index is 12.8. The zero-order valence-electron chi connectivity index (χ0n) is 16.2. The Morgan fingerprint density at radius 2 is 2.07 bits per heavy atom. The summed E-state index contributed by atoms with van der Waals surface area (Å²) >= 11 is 0. The van der Waals surface area contributed by atoms with E-state index in [0.29, 0.717) is 18.0 Å². The van der Waals surface area contributed by atoms with Crippen LogP contribution in [0.15, 0.2) is 29.8 Å². The molecule has 2 N–H and O–H groups in total. The number of benzene rings is 1. The Morgan fingerprint density at radius 1 is 1.21 bits per heavy atom. The average Bonchev–Trinajstić information content (AvgIpc) is 3.20. The molecule has 0 aromatic heterocycles. The van der Waals surface area contributed by atoms with Gasteiger partial charge in [0.25, 0.3) is 0 Å². The minimum atomic E-state index is -0.915. The first kappa shape index (κ1) is 19.3. The second-order valence-corrected chi connectivity index (χ2v) is 7.50. The van der Waals surface area contributed by atoms with Crippen molar-refractivity contribution in [2.24, 2.45) is 5.92 Å². The first-order valence-corrected chi connectivity index (χ1v) is 10.0. The molecular formula is C21H25N3O5. The van der Waals surface area contributed by atoms with Gasteiger partial charge in [-0.25, -0.2) is 4.79 Å². The molecule has 4 rings (SSSR count). The van der Waals surface area contributed by atoms with Crippen molar-refractivity contribution in [3.05, 3.63) is 35.4 Å². The van der Waals surface area contributed by atoms with Gasteiger partial charge in [-0.15, -0.1) is 0 Å². The largest absolute Gasteiger partial charge is 0.454 e. The summed E-state index contributed by atoms with van der Waals surface area (Å²) in [4.78, 5) is 38.7. The fraction of sp³-hybridized carbons (Fsp3) is 0.476. The number of urea groups is 1. The van der Waals surface area contributed by atoms with Crippen molar-refractivity contribution < 1.29 is 23.9 Å². The number of hydrogen-bond acceptors (Lipinski definition) is 5. The number of nitrogens with one attached hydrogen (secondary N) is 2. The molecule has 1 aromatic carbocycles. The lowest BCUT2D eigenvalue weighted by atomic mass is 9.97. The fourth-order valence-corrected chi connectivity index (χ4v) is 3.84. The third-order valence-corrected chi connectivity index (χ3v) is 5.49. The van der Waals surface area contributed by atoms with Crippen molar-refractivity contribution in [1.29, 1.82) is 0 Å². The van der Waals surface area contributed by atoms with Gasteiger partial charge in [-0.2, -0.15) is 0 Å². The summed E-state index contributed by atoms with van der Waals surface area (Å²) in [7, 11) is 0. The number of carbonyl (C=O) groups is 3. The van der Waals surface area contributed by atoms with Gasteiger partial charge < -0.3 is 20.1 Å². The maximum atomic E-state index is 12.8. The Labute approximate surface area is 169 Å². The Hall–Kier alpha value is -3.03. The molecule has 1 aliphatic carbocycles. The van der Waals surface area contributed by atoms with Gasteiger partial charge in [0.05, 0.1) is 6.54 Å². The zero-order chi connectivity index (χ0) is 20.2. The van der Waals surface area contributed by atoms with Crippen LogP contribution in [0, 0.1) is 5.92 Å². The Morgan fingerprint density at radius 3 is 2.90 bits per heavy atom. The predicted molar refractivity (Wildman–Crippen MR) is 104 cm³/mol. The Balaban J connectivity index is 1.35. The number of imide groups is 1. The molecule has 0 radical (unpaired) electrons. The third-order valence-electron chi connectivity index (χ3n) is 5.49. The number of allylic oxidation sites excluding steroid dienone is 1. The molecule has 29 heavy (non-hydrogen) atoms. The third kappa shape index (κ3) is 4.36. The second-order valence-electron chi connectivity index (χ2n) is 7.50. The van der Waals surface area contributed by atoms with Crippen LogP contribution in [0.5, 0.6) is 11.5 Å². The van der Waals surface area contributed by atoms with Crippen LogP contribution < -0.4 is 20.1 Å². The molecule has 4 amide bonds. The van der Waals surface area contributed by atoms with Crippen molar-refractivity contribution in [3.8, 4) is 11.5 Å². The molecule has 0 bridgehead atoms. The van der Waals surface area contributed by atoms with E-state index < -0.39 is 17.9 Å². The van der Waals surface area contributed by atoms with E-state index in [0.717, 1.165) is 29.7 Å². The number of hydrogen-bond donors (Lipinski definition) is 2. The fourth-order valence-electron chi connectivity index (χ4n) is 3.84. The number of ether oxygens (including phenoxy) is 2. The van der Waals surface area contributed by atoms with Crippen LogP contribution in [-0.2, 0) is 16.1 Å². The smallest absolute Gasteiger partial charge is 0.324 e. The summed E-state index contributed by atoms with van der Waals surface area (Å²) < 4.78 is 10.6. The predicted octanol–water partition coefficient (Wildman–Crippen LogP) is 2.09. The normalized spacial score (nSPS) is 20.9. The molecular weight excluding hydrogens is 374 g/mol. The monoisotopic (exact) mass is 399 g/mol. The Bertz CT molecular complexity index is 851. The molecule has 1 fully saturated rings. The van der Waals surface area contributed by atoms with Gasteiger partial charge in [-0.1, -0.05) is 17.7 Å². The van der Waals surface area contributed by atoms with Crippen molar-refractivity contribution in [2.75, 3.05) is 19.9 Å². The van der Waals surface area contributed by atoms with Crippen LogP contribution in [0.25, 0.3) is 0 Å². The minimum Gasteiger partial charge on any atom is -0.454 e. The van der Waals surface area contributed by atoms with Gasteiger partial charge in [0.1, 0.15) is 5.92 Å². The highest BCUT2D eigenvalue weighted by molar-refractivity contribution is 6.08. The van der Waals surface area contributed by atoms with E-state index in [1.807, 2.05) is 0 Å². The molecule has 1 unspecified atom stereocenters. The minimum absolute atomic E-state index is 0.0177. The van der Waals surface area contributed by atoms with Gasteiger partial charge in [-0.05, 0) is 49.8 Å². The van der Waals surface area contributed by atoms with E-state index in [1.165, 1.54) is 18.4 Å². The summed E-state index contributed by atoms with van der Waals surface area (Å²) in [5, 5.41) is 5.49.